The average Bonchev–Trinajstić information content (AvgIpc) is 3.17. The van der Waals surface area contributed by atoms with E-state index in [-0.39, 0.29) is 0 Å². The molecule has 1 aromatic heterocycles. The van der Waals surface area contributed by atoms with E-state index in [9.17, 15) is 0 Å². The fourth-order valence-corrected chi connectivity index (χ4v) is 3.53. The van der Waals surface area contributed by atoms with Gasteiger partial charge in [-0.15, -0.1) is 11.3 Å². The van der Waals surface area contributed by atoms with E-state index in [0.29, 0.717) is 0 Å². The van der Waals surface area contributed by atoms with Crippen LogP contribution in [-0.2, 0) is 0 Å². The van der Waals surface area contributed by atoms with Gasteiger partial charge in [0.2, 0.25) is 0 Å². The minimum Gasteiger partial charge on any atom is -0.399 e. The summed E-state index contributed by atoms with van der Waals surface area (Å²) in [5, 5.41) is 2.11. The molecule has 116 valence electrons. The van der Waals surface area contributed by atoms with Crippen LogP contribution >= 0.6 is 11.3 Å². The van der Waals surface area contributed by atoms with Crippen LogP contribution in [0.25, 0.3) is 32.7 Å². The molecular weight excluding hydrogens is 310 g/mol. The molecule has 0 bridgehead atoms. The number of nitrogens with two attached hydrogens (primary N) is 1. The molecule has 0 amide bonds. The maximum atomic E-state index is 5.75. The Morgan fingerprint density at radius 3 is 1.33 bits per heavy atom. The zero-order valence-electron chi connectivity index (χ0n) is 13.1. The van der Waals surface area contributed by atoms with Crippen LogP contribution in [-0.4, -0.2) is 0 Å². The fourth-order valence-electron chi connectivity index (χ4n) is 2.80. The molecule has 0 fully saturated rings. The first-order valence-corrected chi connectivity index (χ1v) is 8.78. The van der Waals surface area contributed by atoms with Gasteiger partial charge in [0.05, 0.1) is 0 Å². The summed E-state index contributed by atoms with van der Waals surface area (Å²) in [5.41, 5.74) is 12.7. The molecule has 4 aromatic rings. The predicted molar refractivity (Wildman–Crippen MR) is 105 cm³/mol. The summed E-state index contributed by atoms with van der Waals surface area (Å²) in [4.78, 5) is 1.31. The SMILES string of the molecule is Nc1ccc(-c2ccc(-c3ccc(-c4cccs4)cc3)cc2)cc1. The van der Waals surface area contributed by atoms with E-state index in [4.69, 9.17) is 5.73 Å². The second kappa shape index (κ2) is 6.34. The minimum absolute atomic E-state index is 0.793. The standard InChI is InChI=1S/C22H17NS/c23-21-13-11-19(12-14-21)17-5-3-16(4-6-17)18-7-9-20(10-8-18)22-2-1-15-24-22/h1-15H,23H2. The topological polar surface area (TPSA) is 26.0 Å². The lowest BCUT2D eigenvalue weighted by Crippen LogP contribution is -1.84. The highest BCUT2D eigenvalue weighted by Crippen LogP contribution is 2.29. The first kappa shape index (κ1) is 14.7. The van der Waals surface area contributed by atoms with Crippen molar-refractivity contribution in [3.8, 4) is 32.7 Å². The van der Waals surface area contributed by atoms with E-state index in [2.05, 4.69) is 78.2 Å². The summed E-state index contributed by atoms with van der Waals surface area (Å²) < 4.78 is 0. The number of benzene rings is 3. The van der Waals surface area contributed by atoms with Crippen LogP contribution in [0, 0.1) is 0 Å². The highest BCUT2D eigenvalue weighted by Gasteiger charge is 2.02. The fraction of sp³-hybridized carbons (Fsp3) is 0. The van der Waals surface area contributed by atoms with Crippen molar-refractivity contribution < 1.29 is 0 Å². The molecule has 0 radical (unpaired) electrons. The van der Waals surface area contributed by atoms with Gasteiger partial charge >= 0.3 is 0 Å². The van der Waals surface area contributed by atoms with E-state index in [1.165, 1.54) is 32.7 Å². The van der Waals surface area contributed by atoms with Crippen molar-refractivity contribution >= 4 is 17.0 Å². The van der Waals surface area contributed by atoms with Crippen molar-refractivity contribution in [3.05, 3.63) is 90.3 Å². The van der Waals surface area contributed by atoms with Crippen molar-refractivity contribution in [2.45, 2.75) is 0 Å². The monoisotopic (exact) mass is 327 g/mol. The van der Waals surface area contributed by atoms with Gasteiger partial charge in [-0.2, -0.15) is 0 Å². The van der Waals surface area contributed by atoms with Gasteiger partial charge in [0, 0.05) is 10.6 Å². The Morgan fingerprint density at radius 2 is 0.917 bits per heavy atom. The highest BCUT2D eigenvalue weighted by atomic mass is 32.1. The Kier molecular flexibility index (Phi) is 3.89. The molecule has 24 heavy (non-hydrogen) atoms. The molecule has 0 spiro atoms. The number of nitrogen functional groups attached to an aromatic ring is 1. The summed E-state index contributed by atoms with van der Waals surface area (Å²) >= 11 is 1.77. The Bertz CT molecular complexity index is 919. The van der Waals surface area contributed by atoms with E-state index < -0.39 is 0 Å². The second-order valence-corrected chi connectivity index (χ2v) is 6.70. The number of rotatable bonds is 3. The van der Waals surface area contributed by atoms with E-state index in [0.717, 1.165) is 5.69 Å². The van der Waals surface area contributed by atoms with Crippen molar-refractivity contribution in [1.82, 2.24) is 0 Å². The molecule has 3 aromatic carbocycles. The molecule has 0 saturated heterocycles. The van der Waals surface area contributed by atoms with Crippen LogP contribution in [0.3, 0.4) is 0 Å². The third kappa shape index (κ3) is 2.97. The summed E-state index contributed by atoms with van der Waals surface area (Å²) in [7, 11) is 0. The molecule has 4 rings (SSSR count). The highest BCUT2D eigenvalue weighted by molar-refractivity contribution is 7.13. The Hall–Kier alpha value is -2.84. The van der Waals surface area contributed by atoms with Crippen molar-refractivity contribution in [1.29, 1.82) is 0 Å². The molecule has 0 aliphatic rings. The summed E-state index contributed by atoms with van der Waals surface area (Å²) in [6, 6.07) is 29.6. The van der Waals surface area contributed by atoms with Crippen LogP contribution in [0.2, 0.25) is 0 Å². The molecule has 1 nitrogen and oxygen atoms in total. The maximum Gasteiger partial charge on any atom is 0.0342 e. The zero-order chi connectivity index (χ0) is 16.4. The average molecular weight is 327 g/mol. The van der Waals surface area contributed by atoms with E-state index in [1.54, 1.807) is 11.3 Å². The normalized spacial score (nSPS) is 10.7. The lowest BCUT2D eigenvalue weighted by molar-refractivity contribution is 1.59. The van der Waals surface area contributed by atoms with Gasteiger partial charge in [-0.05, 0) is 51.4 Å². The quantitative estimate of drug-likeness (QED) is 0.437. The number of anilines is 1. The van der Waals surface area contributed by atoms with Gasteiger partial charge in [0.25, 0.3) is 0 Å². The van der Waals surface area contributed by atoms with Gasteiger partial charge < -0.3 is 5.73 Å². The van der Waals surface area contributed by atoms with Gasteiger partial charge in [0.15, 0.2) is 0 Å². The molecule has 1 heterocycles. The van der Waals surface area contributed by atoms with Gasteiger partial charge in [0.1, 0.15) is 0 Å². The van der Waals surface area contributed by atoms with E-state index in [1.807, 2.05) is 12.1 Å². The van der Waals surface area contributed by atoms with Crippen LogP contribution in [0.5, 0.6) is 0 Å². The van der Waals surface area contributed by atoms with Gasteiger partial charge in [-0.1, -0.05) is 66.7 Å². The van der Waals surface area contributed by atoms with Crippen LogP contribution in [0.4, 0.5) is 5.69 Å². The first-order chi connectivity index (χ1) is 11.8. The summed E-state index contributed by atoms with van der Waals surface area (Å²) in [6.45, 7) is 0. The Balaban J connectivity index is 1.59. The molecule has 2 heteroatoms. The van der Waals surface area contributed by atoms with Crippen LogP contribution < -0.4 is 5.73 Å². The van der Waals surface area contributed by atoms with Crippen molar-refractivity contribution in [2.75, 3.05) is 5.73 Å². The lowest BCUT2D eigenvalue weighted by atomic mass is 9.99. The molecule has 0 aliphatic carbocycles. The molecule has 0 aliphatic heterocycles. The lowest BCUT2D eigenvalue weighted by Gasteiger charge is -2.06. The third-order valence-electron chi connectivity index (χ3n) is 4.15. The third-order valence-corrected chi connectivity index (χ3v) is 5.07. The number of thiophene rings is 1. The Morgan fingerprint density at radius 1 is 0.500 bits per heavy atom. The van der Waals surface area contributed by atoms with Crippen LogP contribution in [0.1, 0.15) is 0 Å². The minimum atomic E-state index is 0.793. The summed E-state index contributed by atoms with van der Waals surface area (Å²) in [5.74, 6) is 0. The summed E-state index contributed by atoms with van der Waals surface area (Å²) in [6.07, 6.45) is 0. The molecule has 0 atom stereocenters. The second-order valence-electron chi connectivity index (χ2n) is 5.75. The zero-order valence-corrected chi connectivity index (χ0v) is 14.0. The Labute approximate surface area is 146 Å². The maximum absolute atomic E-state index is 5.75. The molecule has 0 saturated carbocycles. The number of hydrogen-bond acceptors (Lipinski definition) is 2. The molecule has 2 N–H and O–H groups in total. The van der Waals surface area contributed by atoms with Crippen molar-refractivity contribution in [3.63, 3.8) is 0 Å². The van der Waals surface area contributed by atoms with Gasteiger partial charge in [-0.3, -0.25) is 0 Å². The van der Waals surface area contributed by atoms with Crippen molar-refractivity contribution in [2.24, 2.45) is 0 Å². The molecule has 0 unspecified atom stereocenters. The van der Waals surface area contributed by atoms with E-state index >= 15 is 0 Å². The number of hydrogen-bond donors (Lipinski definition) is 1. The smallest absolute Gasteiger partial charge is 0.0342 e. The van der Waals surface area contributed by atoms with Gasteiger partial charge in [-0.25, -0.2) is 0 Å². The largest absolute Gasteiger partial charge is 0.399 e. The predicted octanol–water partition coefficient (Wildman–Crippen LogP) is 6.33. The molecular formula is C22H17NS. The van der Waals surface area contributed by atoms with Crippen LogP contribution in [0.15, 0.2) is 90.3 Å². The first-order valence-electron chi connectivity index (χ1n) is 7.90.